The van der Waals surface area contributed by atoms with Gasteiger partial charge in [0.05, 0.1) is 0 Å². The minimum atomic E-state index is 0.846. The Balaban J connectivity index is 1.49. The van der Waals surface area contributed by atoms with E-state index in [0.29, 0.717) is 0 Å². The first-order valence-corrected chi connectivity index (χ1v) is 8.56. The number of oxazole rings is 1. The van der Waals surface area contributed by atoms with Crippen molar-refractivity contribution in [1.82, 2.24) is 19.7 Å². The third-order valence-electron chi connectivity index (χ3n) is 5.23. The number of aromatic nitrogens is 3. The molecule has 5 heteroatoms. The summed E-state index contributed by atoms with van der Waals surface area (Å²) < 4.78 is 7.46. The molecule has 3 heterocycles. The summed E-state index contributed by atoms with van der Waals surface area (Å²) >= 11 is 0. The molecule has 3 aliphatic rings. The van der Waals surface area contributed by atoms with Crippen LogP contribution < -0.4 is 0 Å². The van der Waals surface area contributed by atoms with Crippen molar-refractivity contribution in [3.63, 3.8) is 0 Å². The molecule has 2 saturated carbocycles. The van der Waals surface area contributed by atoms with Crippen LogP contribution in [-0.4, -0.2) is 32.8 Å². The quantitative estimate of drug-likeness (QED) is 0.851. The largest absolute Gasteiger partial charge is 0.451 e. The third kappa shape index (κ3) is 2.37. The smallest absolute Gasteiger partial charge is 0.181 e. The Morgan fingerprint density at radius 2 is 1.95 bits per heavy atom. The maximum atomic E-state index is 5.19. The molecule has 2 fully saturated rings. The minimum absolute atomic E-state index is 0.846. The highest BCUT2D eigenvalue weighted by Crippen LogP contribution is 2.36. The van der Waals surface area contributed by atoms with Gasteiger partial charge in [0, 0.05) is 43.9 Å². The highest BCUT2D eigenvalue weighted by molar-refractivity contribution is 5.59. The molecule has 1 aliphatic heterocycles. The van der Waals surface area contributed by atoms with E-state index in [1.54, 1.807) is 6.26 Å². The van der Waals surface area contributed by atoms with Gasteiger partial charge in [-0.2, -0.15) is 5.10 Å². The minimum Gasteiger partial charge on any atom is -0.451 e. The van der Waals surface area contributed by atoms with Gasteiger partial charge in [-0.15, -0.1) is 0 Å². The predicted molar refractivity (Wildman–Crippen MR) is 82.2 cm³/mol. The Bertz CT molecular complexity index is 667. The molecule has 0 saturated heterocycles. The highest BCUT2D eigenvalue weighted by Gasteiger charge is 2.32. The zero-order valence-corrected chi connectivity index (χ0v) is 12.9. The molecular weight excluding hydrogens is 276 g/mol. The van der Waals surface area contributed by atoms with Crippen molar-refractivity contribution in [1.29, 1.82) is 0 Å². The molecule has 116 valence electrons. The molecule has 0 N–H and O–H groups in total. The van der Waals surface area contributed by atoms with E-state index in [-0.39, 0.29) is 0 Å². The van der Waals surface area contributed by atoms with Gasteiger partial charge in [-0.3, -0.25) is 9.58 Å². The average Bonchev–Trinajstić information content (AvgIpc) is 3.42. The van der Waals surface area contributed by atoms with Gasteiger partial charge >= 0.3 is 0 Å². The van der Waals surface area contributed by atoms with E-state index in [0.717, 1.165) is 42.7 Å². The van der Waals surface area contributed by atoms with Crippen molar-refractivity contribution in [3.05, 3.63) is 23.9 Å². The predicted octanol–water partition coefficient (Wildman–Crippen LogP) is 2.72. The molecule has 5 rings (SSSR count). The maximum Gasteiger partial charge on any atom is 0.181 e. The van der Waals surface area contributed by atoms with E-state index >= 15 is 0 Å². The van der Waals surface area contributed by atoms with Crippen LogP contribution in [0.3, 0.4) is 0 Å². The van der Waals surface area contributed by atoms with Gasteiger partial charge in [-0.25, -0.2) is 4.98 Å². The van der Waals surface area contributed by atoms with Crippen LogP contribution >= 0.6 is 0 Å². The first kappa shape index (κ1) is 12.9. The Kier molecular flexibility index (Phi) is 2.90. The molecule has 0 unspecified atom stereocenters. The maximum absolute atomic E-state index is 5.19. The van der Waals surface area contributed by atoms with Crippen molar-refractivity contribution in [3.8, 4) is 11.4 Å². The van der Waals surface area contributed by atoms with Crippen LogP contribution in [0.25, 0.3) is 11.4 Å². The van der Waals surface area contributed by atoms with E-state index in [1.807, 2.05) is 0 Å². The summed E-state index contributed by atoms with van der Waals surface area (Å²) in [5, 5.41) is 4.91. The molecule has 2 aliphatic carbocycles. The van der Waals surface area contributed by atoms with E-state index in [4.69, 9.17) is 9.52 Å². The summed E-state index contributed by atoms with van der Waals surface area (Å²) in [5.74, 6) is 1.79. The van der Waals surface area contributed by atoms with E-state index in [9.17, 15) is 0 Å². The fourth-order valence-electron chi connectivity index (χ4n) is 3.60. The molecule has 0 aromatic carbocycles. The molecule has 0 spiro atoms. The van der Waals surface area contributed by atoms with Crippen LogP contribution in [0.4, 0.5) is 0 Å². The summed E-state index contributed by atoms with van der Waals surface area (Å²) in [5.41, 5.74) is 4.77. The van der Waals surface area contributed by atoms with Crippen LogP contribution in [-0.2, 0) is 19.5 Å². The van der Waals surface area contributed by atoms with Gasteiger partial charge in [0.1, 0.15) is 17.7 Å². The number of nitrogens with zero attached hydrogens (tertiary/aromatic N) is 4. The van der Waals surface area contributed by atoms with Crippen LogP contribution in [0.2, 0.25) is 0 Å². The molecule has 0 amide bonds. The second kappa shape index (κ2) is 4.95. The van der Waals surface area contributed by atoms with E-state index in [1.165, 1.54) is 56.4 Å². The van der Waals surface area contributed by atoms with Crippen molar-refractivity contribution in [2.45, 2.75) is 45.2 Å². The molecule has 0 radical (unpaired) electrons. The van der Waals surface area contributed by atoms with Crippen LogP contribution in [0, 0.1) is 11.8 Å². The third-order valence-corrected chi connectivity index (χ3v) is 5.23. The second-order valence-electron chi connectivity index (χ2n) is 7.20. The fraction of sp³-hybridized carbons (Fsp3) is 0.647. The SMILES string of the molecule is c1nc(-c2nn(CC3CC3)c3c2CN(CC2CC2)CC3)co1. The van der Waals surface area contributed by atoms with Crippen LogP contribution in [0.5, 0.6) is 0 Å². The number of hydrogen-bond donors (Lipinski definition) is 0. The molecule has 2 aromatic heterocycles. The lowest BCUT2D eigenvalue weighted by atomic mass is 10.0. The van der Waals surface area contributed by atoms with Gasteiger partial charge in [-0.05, 0) is 37.5 Å². The van der Waals surface area contributed by atoms with Gasteiger partial charge in [-0.1, -0.05) is 0 Å². The summed E-state index contributed by atoms with van der Waals surface area (Å²) in [6, 6.07) is 0. The topological polar surface area (TPSA) is 47.1 Å². The normalized spacial score (nSPS) is 22.0. The summed E-state index contributed by atoms with van der Waals surface area (Å²) in [7, 11) is 0. The lowest BCUT2D eigenvalue weighted by Crippen LogP contribution is -2.33. The van der Waals surface area contributed by atoms with Crippen LogP contribution in [0.1, 0.15) is 36.9 Å². The Morgan fingerprint density at radius 3 is 2.68 bits per heavy atom. The molecule has 22 heavy (non-hydrogen) atoms. The van der Waals surface area contributed by atoms with E-state index < -0.39 is 0 Å². The molecule has 2 aromatic rings. The van der Waals surface area contributed by atoms with Crippen LogP contribution in [0.15, 0.2) is 17.1 Å². The zero-order chi connectivity index (χ0) is 14.5. The van der Waals surface area contributed by atoms with Gasteiger partial charge < -0.3 is 4.42 Å². The molecule has 0 bridgehead atoms. The Hall–Kier alpha value is -1.62. The average molecular weight is 298 g/mol. The van der Waals surface area contributed by atoms with Gasteiger partial charge in [0.2, 0.25) is 0 Å². The van der Waals surface area contributed by atoms with Gasteiger partial charge in [0.25, 0.3) is 0 Å². The number of rotatable bonds is 5. The standard InChI is InChI=1S/C17H22N4O/c1-2-12(1)7-20-6-5-16-14(9-20)17(15-10-22-11-18-15)19-21(16)8-13-3-4-13/h10-13H,1-9H2. The van der Waals surface area contributed by atoms with Crippen molar-refractivity contribution >= 4 is 0 Å². The fourth-order valence-corrected chi connectivity index (χ4v) is 3.60. The molecular formula is C17H22N4O. The zero-order valence-electron chi connectivity index (χ0n) is 12.9. The summed E-state index contributed by atoms with van der Waals surface area (Å²) in [6.45, 7) is 4.55. The van der Waals surface area contributed by atoms with Crippen molar-refractivity contribution in [2.75, 3.05) is 13.1 Å². The van der Waals surface area contributed by atoms with Crippen molar-refractivity contribution in [2.24, 2.45) is 11.8 Å². The first-order valence-electron chi connectivity index (χ1n) is 8.56. The molecule has 0 atom stereocenters. The highest BCUT2D eigenvalue weighted by atomic mass is 16.3. The molecule has 5 nitrogen and oxygen atoms in total. The van der Waals surface area contributed by atoms with E-state index in [2.05, 4.69) is 14.6 Å². The second-order valence-corrected chi connectivity index (χ2v) is 7.20. The lowest BCUT2D eigenvalue weighted by Gasteiger charge is -2.27. The number of hydrogen-bond acceptors (Lipinski definition) is 4. The lowest BCUT2D eigenvalue weighted by molar-refractivity contribution is 0.240. The first-order chi connectivity index (χ1) is 10.9. The monoisotopic (exact) mass is 298 g/mol. The van der Waals surface area contributed by atoms with Crippen molar-refractivity contribution < 1.29 is 4.42 Å². The Morgan fingerprint density at radius 1 is 1.14 bits per heavy atom. The number of fused-ring (bicyclic) bond motifs is 1. The summed E-state index contributed by atoms with van der Waals surface area (Å²) in [6.07, 6.45) is 9.92. The Labute approximate surface area is 130 Å². The van der Waals surface area contributed by atoms with Gasteiger partial charge in [0.15, 0.2) is 6.39 Å². The summed E-state index contributed by atoms with van der Waals surface area (Å²) in [4.78, 5) is 6.94.